The van der Waals surface area contributed by atoms with E-state index in [1.165, 1.54) is 0 Å². The van der Waals surface area contributed by atoms with Gasteiger partial charge >= 0.3 is 0 Å². The molecule has 1 heterocycles. The fourth-order valence-corrected chi connectivity index (χ4v) is 7.57. The molecule has 1 saturated heterocycles. The van der Waals surface area contributed by atoms with Crippen LogP contribution in [0.4, 0.5) is 0 Å². The molecule has 1 aliphatic heterocycles. The van der Waals surface area contributed by atoms with Gasteiger partial charge in [-0.3, -0.25) is 9.59 Å². The molecule has 0 bridgehead atoms. The van der Waals surface area contributed by atoms with Gasteiger partial charge in [0.15, 0.2) is 0 Å². The Morgan fingerprint density at radius 1 is 1.03 bits per heavy atom. The molecule has 7 atom stereocenters. The quantitative estimate of drug-likeness (QED) is 0.684. The molecule has 0 aromatic rings. The van der Waals surface area contributed by atoms with Gasteiger partial charge in [0, 0.05) is 37.1 Å². The molecule has 0 aromatic heterocycles. The lowest BCUT2D eigenvalue weighted by atomic mass is 9.45. The first-order chi connectivity index (χ1) is 13.4. The predicted molar refractivity (Wildman–Crippen MR) is 114 cm³/mol. The monoisotopic (exact) mass is 422 g/mol. The Labute approximate surface area is 180 Å². The van der Waals surface area contributed by atoms with Crippen LogP contribution < -0.4 is 5.32 Å². The van der Waals surface area contributed by atoms with Crippen LogP contribution in [0.3, 0.4) is 0 Å². The number of Topliss-reactive ketones (excluding diaryl/α,β-unsaturated/α-hetero) is 2. The maximum absolute atomic E-state index is 13.3. The molecule has 5 aliphatic rings. The van der Waals surface area contributed by atoms with E-state index in [1.807, 2.05) is 0 Å². The number of carbonyl (C=O) groups excluding carboxylic acids is 2. The molecule has 5 nitrogen and oxygen atoms in total. The highest BCUT2D eigenvalue weighted by atomic mass is 35.5. The minimum absolute atomic E-state index is 0. The van der Waals surface area contributed by atoms with Crippen LogP contribution in [-0.4, -0.2) is 36.5 Å². The van der Waals surface area contributed by atoms with Crippen molar-refractivity contribution in [1.29, 1.82) is 0 Å². The Kier molecular flexibility index (Phi) is 5.61. The molecule has 0 spiro atoms. The molecule has 4 saturated carbocycles. The normalized spacial score (nSPS) is 47.9. The lowest BCUT2D eigenvalue weighted by Gasteiger charge is -2.58. The summed E-state index contributed by atoms with van der Waals surface area (Å²) in [5.74, 6) is 2.38. The largest absolute Gasteiger partial charge is 0.391 e. The zero-order chi connectivity index (χ0) is 19.5. The third-order valence-electron chi connectivity index (χ3n) is 9.35. The maximum Gasteiger partial charge on any atom is 0.141 e. The van der Waals surface area contributed by atoms with Crippen molar-refractivity contribution in [3.63, 3.8) is 0 Å². The molecule has 5 fully saturated rings. The van der Waals surface area contributed by atoms with E-state index in [1.54, 1.807) is 0 Å². The number of halogens is 1. The Morgan fingerprint density at radius 3 is 2.62 bits per heavy atom. The first kappa shape index (κ1) is 21.3. The van der Waals surface area contributed by atoms with Gasteiger partial charge in [0.2, 0.25) is 0 Å². The van der Waals surface area contributed by atoms with E-state index >= 15 is 0 Å². The molecule has 1 N–H and O–H groups in total. The van der Waals surface area contributed by atoms with E-state index in [9.17, 15) is 9.59 Å². The number of nitrogens with one attached hydrogen (secondary N) is 1. The molecule has 0 aromatic carbocycles. The number of carbonyl (C=O) groups is 2. The van der Waals surface area contributed by atoms with E-state index in [2.05, 4.69) is 24.3 Å². The Hall–Kier alpha value is -0.940. The molecule has 0 amide bonds. The predicted octanol–water partition coefficient (Wildman–Crippen LogP) is 3.93. The summed E-state index contributed by atoms with van der Waals surface area (Å²) in [4.78, 5) is 31.6. The van der Waals surface area contributed by atoms with E-state index < -0.39 is 0 Å². The fourth-order valence-electron chi connectivity index (χ4n) is 7.57. The highest BCUT2D eigenvalue weighted by molar-refractivity contribution is 5.93. The topological polar surface area (TPSA) is 67.8 Å². The molecule has 5 rings (SSSR count). The van der Waals surface area contributed by atoms with Crippen LogP contribution in [0.15, 0.2) is 5.16 Å². The molecular formula is C23H35ClN2O3. The maximum atomic E-state index is 13.3. The van der Waals surface area contributed by atoms with Crippen molar-refractivity contribution in [2.75, 3.05) is 13.1 Å². The van der Waals surface area contributed by atoms with Gasteiger partial charge < -0.3 is 10.2 Å². The summed E-state index contributed by atoms with van der Waals surface area (Å²) in [7, 11) is 0. The molecule has 4 aliphatic carbocycles. The molecule has 6 heteroatoms. The van der Waals surface area contributed by atoms with Crippen LogP contribution in [0, 0.1) is 34.5 Å². The number of rotatable bonds is 2. The van der Waals surface area contributed by atoms with Crippen molar-refractivity contribution < 1.29 is 14.4 Å². The van der Waals surface area contributed by atoms with E-state index in [0.717, 1.165) is 70.2 Å². The SMILES string of the molecule is C[C@]12CC/C(=N\O[C@H]3CCNC3)CC1C(=O)C[C@@H]1[C@@H]2CC[C@]2(C)C(=O)CC[C@@H]12.Cl. The number of hydrogen-bond donors (Lipinski definition) is 1. The van der Waals surface area contributed by atoms with Crippen molar-refractivity contribution in [2.24, 2.45) is 39.7 Å². The number of nitrogens with zero attached hydrogens (tertiary/aromatic N) is 1. The molecular weight excluding hydrogens is 388 g/mol. The van der Waals surface area contributed by atoms with Crippen molar-refractivity contribution in [1.82, 2.24) is 5.32 Å². The van der Waals surface area contributed by atoms with Gasteiger partial charge in [-0.05, 0) is 68.2 Å². The second kappa shape index (κ2) is 7.64. The van der Waals surface area contributed by atoms with Crippen molar-refractivity contribution in [2.45, 2.75) is 77.7 Å². The third-order valence-corrected chi connectivity index (χ3v) is 9.35. The van der Waals surface area contributed by atoms with Gasteiger partial charge in [0.1, 0.15) is 17.7 Å². The highest BCUT2D eigenvalue weighted by Gasteiger charge is 2.62. The average Bonchev–Trinajstić information content (AvgIpc) is 3.29. The van der Waals surface area contributed by atoms with Gasteiger partial charge in [-0.2, -0.15) is 0 Å². The Bertz CT molecular complexity index is 719. The zero-order valence-corrected chi connectivity index (χ0v) is 18.6. The first-order valence-electron chi connectivity index (χ1n) is 11.4. The number of fused-ring (bicyclic) bond motifs is 5. The Balaban J connectivity index is 0.00000205. The van der Waals surface area contributed by atoms with Gasteiger partial charge in [0.05, 0.1) is 5.71 Å². The smallest absolute Gasteiger partial charge is 0.141 e. The summed E-state index contributed by atoms with van der Waals surface area (Å²) in [6.07, 6.45) is 8.50. The standard InChI is InChI=1S/C23H34N2O3.ClH/c1-22-8-5-14(25-28-15-7-10-24-13-15)11-19(22)20(26)12-16-17-3-4-21(27)23(17,2)9-6-18(16)22;/h15-19,24H,3-13H2,1-2H3;1H/b25-14+;/t15-,16-,17-,18-,19?,22+,23-;/m0./s1. The lowest BCUT2D eigenvalue weighted by Crippen LogP contribution is -2.56. The summed E-state index contributed by atoms with van der Waals surface area (Å²) in [6.45, 7) is 6.42. The average molecular weight is 423 g/mol. The minimum Gasteiger partial charge on any atom is -0.391 e. The van der Waals surface area contributed by atoms with E-state index in [0.29, 0.717) is 35.7 Å². The van der Waals surface area contributed by atoms with Crippen LogP contribution in [0.2, 0.25) is 0 Å². The number of ketones is 2. The van der Waals surface area contributed by atoms with Crippen LogP contribution in [0.5, 0.6) is 0 Å². The van der Waals surface area contributed by atoms with Gasteiger partial charge in [-0.25, -0.2) is 0 Å². The summed E-state index contributed by atoms with van der Waals surface area (Å²) in [5, 5.41) is 7.78. The van der Waals surface area contributed by atoms with Crippen LogP contribution in [0.25, 0.3) is 0 Å². The van der Waals surface area contributed by atoms with Gasteiger partial charge in [-0.15, -0.1) is 12.4 Å². The lowest BCUT2D eigenvalue weighted by molar-refractivity contribution is -0.152. The highest BCUT2D eigenvalue weighted by Crippen LogP contribution is 2.64. The van der Waals surface area contributed by atoms with Crippen molar-refractivity contribution in [3.05, 3.63) is 0 Å². The molecule has 29 heavy (non-hydrogen) atoms. The zero-order valence-electron chi connectivity index (χ0n) is 17.7. The molecule has 1 unspecified atom stereocenters. The minimum atomic E-state index is -0.158. The first-order valence-corrected chi connectivity index (χ1v) is 11.4. The Morgan fingerprint density at radius 2 is 1.86 bits per heavy atom. The van der Waals surface area contributed by atoms with Crippen LogP contribution >= 0.6 is 12.4 Å². The van der Waals surface area contributed by atoms with Gasteiger partial charge in [-0.1, -0.05) is 19.0 Å². The van der Waals surface area contributed by atoms with Crippen molar-refractivity contribution in [3.8, 4) is 0 Å². The summed E-state index contributed by atoms with van der Waals surface area (Å²) < 4.78 is 0. The van der Waals surface area contributed by atoms with Crippen molar-refractivity contribution >= 4 is 29.7 Å². The second-order valence-corrected chi connectivity index (χ2v) is 10.6. The summed E-state index contributed by atoms with van der Waals surface area (Å²) in [6, 6.07) is 0. The number of oxime groups is 1. The molecule has 0 radical (unpaired) electrons. The summed E-state index contributed by atoms with van der Waals surface area (Å²) >= 11 is 0. The number of hydrogen-bond acceptors (Lipinski definition) is 5. The van der Waals surface area contributed by atoms with Crippen LogP contribution in [0.1, 0.15) is 71.6 Å². The second-order valence-electron chi connectivity index (χ2n) is 10.6. The van der Waals surface area contributed by atoms with E-state index in [-0.39, 0.29) is 35.3 Å². The van der Waals surface area contributed by atoms with E-state index in [4.69, 9.17) is 4.84 Å². The third kappa shape index (κ3) is 3.27. The fraction of sp³-hybridized carbons (Fsp3) is 0.870. The van der Waals surface area contributed by atoms with Gasteiger partial charge in [0.25, 0.3) is 0 Å². The summed E-state index contributed by atoms with van der Waals surface area (Å²) in [5.41, 5.74) is 0.994. The molecule has 162 valence electrons. The van der Waals surface area contributed by atoms with Crippen LogP contribution in [-0.2, 0) is 14.4 Å².